The van der Waals surface area contributed by atoms with Crippen molar-refractivity contribution in [3.63, 3.8) is 0 Å². The van der Waals surface area contributed by atoms with E-state index < -0.39 is 15.1 Å². The Labute approximate surface area is 151 Å². The highest BCUT2D eigenvalue weighted by Gasteiger charge is 2.60. The second kappa shape index (κ2) is 5.71. The molecule has 0 saturated heterocycles. The third-order valence-corrected chi connectivity index (χ3v) is 7.28. The summed E-state index contributed by atoms with van der Waals surface area (Å²) in [7, 11) is -3.53. The Hall–Kier alpha value is -2.12. The Morgan fingerprint density at radius 1 is 1.12 bits per heavy atom. The summed E-state index contributed by atoms with van der Waals surface area (Å²) in [6.07, 6.45) is 0. The van der Waals surface area contributed by atoms with Crippen LogP contribution < -0.4 is 15.2 Å². The van der Waals surface area contributed by atoms with Crippen molar-refractivity contribution in [1.82, 2.24) is 0 Å². The van der Waals surface area contributed by atoms with Gasteiger partial charge in [0.25, 0.3) is 0 Å². The summed E-state index contributed by atoms with van der Waals surface area (Å²) >= 11 is 5.13. The first-order valence-corrected chi connectivity index (χ1v) is 9.84. The van der Waals surface area contributed by atoms with Crippen LogP contribution in [0.5, 0.6) is 11.5 Å². The van der Waals surface area contributed by atoms with Crippen molar-refractivity contribution in [1.29, 1.82) is 0 Å². The number of rotatable bonds is 4. The Kier molecular flexibility index (Phi) is 3.73. The van der Waals surface area contributed by atoms with Gasteiger partial charge in [-0.1, -0.05) is 36.0 Å². The number of hydrogen-bond donors (Lipinski definition) is 1. The average molecular weight is 375 g/mol. The molecule has 2 aliphatic rings. The Morgan fingerprint density at radius 2 is 1.80 bits per heavy atom. The molecule has 1 aliphatic heterocycles. The van der Waals surface area contributed by atoms with Gasteiger partial charge in [0.2, 0.25) is 6.79 Å². The van der Waals surface area contributed by atoms with Crippen LogP contribution in [0.3, 0.4) is 0 Å². The molecular formula is C18H17NO4S2. The number of benzene rings is 2. The highest BCUT2D eigenvalue weighted by atomic mass is 32.2. The van der Waals surface area contributed by atoms with Gasteiger partial charge in [0.05, 0.1) is 15.1 Å². The van der Waals surface area contributed by atoms with Crippen LogP contribution in [0.15, 0.2) is 47.4 Å². The van der Waals surface area contributed by atoms with Crippen molar-refractivity contribution in [3.8, 4) is 11.5 Å². The van der Waals surface area contributed by atoms with E-state index in [0.717, 1.165) is 11.1 Å². The second-order valence-electron chi connectivity index (χ2n) is 6.39. The van der Waals surface area contributed by atoms with Crippen LogP contribution in [0.2, 0.25) is 0 Å². The lowest BCUT2D eigenvalue weighted by molar-refractivity contribution is 0.174. The highest BCUT2D eigenvalue weighted by Crippen LogP contribution is 2.55. The molecule has 130 valence electrons. The van der Waals surface area contributed by atoms with Gasteiger partial charge in [0.15, 0.2) is 21.3 Å². The molecule has 0 bridgehead atoms. The van der Waals surface area contributed by atoms with Crippen LogP contribution in [0.1, 0.15) is 17.0 Å². The molecule has 7 heteroatoms. The summed E-state index contributed by atoms with van der Waals surface area (Å²) in [5, 5.41) is -0.645. The van der Waals surface area contributed by atoms with Gasteiger partial charge >= 0.3 is 0 Å². The smallest absolute Gasteiger partial charge is 0.231 e. The van der Waals surface area contributed by atoms with E-state index in [1.54, 1.807) is 30.3 Å². The normalized spacial score (nSPS) is 24.1. The number of fused-ring (bicyclic) bond motifs is 1. The van der Waals surface area contributed by atoms with Crippen LogP contribution in [0.4, 0.5) is 0 Å². The van der Waals surface area contributed by atoms with Crippen LogP contribution in [0.25, 0.3) is 0 Å². The third-order valence-electron chi connectivity index (χ3n) is 4.77. The maximum Gasteiger partial charge on any atom is 0.231 e. The van der Waals surface area contributed by atoms with Gasteiger partial charge < -0.3 is 15.2 Å². The molecule has 0 amide bonds. The molecule has 2 N–H and O–H groups in total. The summed E-state index contributed by atoms with van der Waals surface area (Å²) in [6, 6.07) is 12.3. The van der Waals surface area contributed by atoms with E-state index in [9.17, 15) is 8.42 Å². The summed E-state index contributed by atoms with van der Waals surface area (Å²) < 4.78 is 36.8. The molecule has 5 nitrogen and oxygen atoms in total. The summed E-state index contributed by atoms with van der Waals surface area (Å²) in [4.78, 5) is 0.524. The van der Waals surface area contributed by atoms with Crippen molar-refractivity contribution in [3.05, 3.63) is 53.6 Å². The summed E-state index contributed by atoms with van der Waals surface area (Å²) in [5.41, 5.74) is 7.70. The van der Waals surface area contributed by atoms with Crippen molar-refractivity contribution in [2.24, 2.45) is 11.7 Å². The fourth-order valence-electron chi connectivity index (χ4n) is 3.41. The van der Waals surface area contributed by atoms with Crippen molar-refractivity contribution < 1.29 is 17.9 Å². The van der Waals surface area contributed by atoms with Gasteiger partial charge in [-0.05, 0) is 36.8 Å². The lowest BCUT2D eigenvalue weighted by Gasteiger charge is -2.05. The van der Waals surface area contributed by atoms with Gasteiger partial charge in [-0.2, -0.15) is 0 Å². The van der Waals surface area contributed by atoms with Gasteiger partial charge in [-0.25, -0.2) is 8.42 Å². The zero-order chi connectivity index (χ0) is 17.8. The van der Waals surface area contributed by atoms with E-state index in [4.69, 9.17) is 27.4 Å². The zero-order valence-electron chi connectivity index (χ0n) is 13.5. The molecule has 1 fully saturated rings. The fraction of sp³-hybridized carbons (Fsp3) is 0.278. The maximum absolute atomic E-state index is 13.1. The quantitative estimate of drug-likeness (QED) is 0.828. The number of sulfone groups is 1. The first kappa shape index (κ1) is 16.4. The van der Waals surface area contributed by atoms with Gasteiger partial charge in [-0.3, -0.25) is 0 Å². The molecule has 3 atom stereocenters. The van der Waals surface area contributed by atoms with Crippen LogP contribution >= 0.6 is 12.2 Å². The zero-order valence-corrected chi connectivity index (χ0v) is 15.1. The molecule has 0 aromatic heterocycles. The molecule has 2 aromatic carbocycles. The largest absolute Gasteiger partial charge is 0.454 e. The van der Waals surface area contributed by atoms with E-state index in [-0.39, 0.29) is 23.6 Å². The first-order valence-electron chi connectivity index (χ1n) is 7.89. The van der Waals surface area contributed by atoms with Crippen molar-refractivity contribution >= 4 is 27.0 Å². The molecule has 3 unspecified atom stereocenters. The predicted molar refractivity (Wildman–Crippen MR) is 97.7 cm³/mol. The minimum absolute atomic E-state index is 0.174. The average Bonchev–Trinajstić information content (AvgIpc) is 3.18. The number of ether oxygens (including phenoxy) is 2. The van der Waals surface area contributed by atoms with E-state index in [2.05, 4.69) is 0 Å². The summed E-state index contributed by atoms with van der Waals surface area (Å²) in [5.74, 6) is 0.645. The minimum Gasteiger partial charge on any atom is -0.454 e. The third kappa shape index (κ3) is 2.67. The lowest BCUT2D eigenvalue weighted by atomic mass is 10.1. The number of hydrogen-bond acceptors (Lipinski definition) is 5. The molecule has 1 aliphatic carbocycles. The molecule has 4 rings (SSSR count). The number of aryl methyl sites for hydroxylation is 1. The van der Waals surface area contributed by atoms with Crippen LogP contribution in [0, 0.1) is 12.8 Å². The molecule has 1 heterocycles. The molecule has 2 aromatic rings. The summed E-state index contributed by atoms with van der Waals surface area (Å²) in [6.45, 7) is 2.09. The Balaban J connectivity index is 1.71. The topological polar surface area (TPSA) is 78.6 Å². The highest BCUT2D eigenvalue weighted by molar-refractivity contribution is 7.92. The Bertz CT molecular complexity index is 954. The van der Waals surface area contributed by atoms with E-state index >= 15 is 0 Å². The first-order chi connectivity index (χ1) is 11.9. The fourth-order valence-corrected chi connectivity index (χ4v) is 5.94. The lowest BCUT2D eigenvalue weighted by Crippen LogP contribution is -2.17. The molecule has 25 heavy (non-hydrogen) atoms. The van der Waals surface area contributed by atoms with Crippen LogP contribution in [-0.2, 0) is 9.84 Å². The molecule has 0 radical (unpaired) electrons. The predicted octanol–water partition coefficient (Wildman–Crippen LogP) is 2.57. The molecular weight excluding hydrogens is 358 g/mol. The van der Waals surface area contributed by atoms with Gasteiger partial charge in [-0.15, -0.1) is 0 Å². The van der Waals surface area contributed by atoms with E-state index in [1.165, 1.54) is 0 Å². The van der Waals surface area contributed by atoms with E-state index in [1.807, 2.05) is 19.1 Å². The molecule has 0 spiro atoms. The van der Waals surface area contributed by atoms with Crippen molar-refractivity contribution in [2.45, 2.75) is 23.0 Å². The minimum atomic E-state index is -3.53. The van der Waals surface area contributed by atoms with Crippen molar-refractivity contribution in [2.75, 3.05) is 6.79 Å². The van der Waals surface area contributed by atoms with E-state index in [0.29, 0.717) is 16.4 Å². The standard InChI is InChI=1S/C18H17NO4S2/c1-10-2-5-12(6-3-10)25(20,21)17-15(16(17)18(19)24)11-4-7-13-14(8-11)23-9-22-13/h2-8,15-17H,9H2,1H3,(H2,19,24). The Morgan fingerprint density at radius 3 is 2.48 bits per heavy atom. The number of thiocarbonyl (C=S) groups is 1. The number of nitrogens with two attached hydrogens (primary N) is 1. The SMILES string of the molecule is Cc1ccc(S(=O)(=O)C2C(C(N)=S)C2c2ccc3c(c2)OCO3)cc1. The second-order valence-corrected chi connectivity index (χ2v) is 8.97. The van der Waals surface area contributed by atoms with Crippen LogP contribution in [-0.4, -0.2) is 25.4 Å². The van der Waals surface area contributed by atoms with Gasteiger partial charge in [0.1, 0.15) is 0 Å². The maximum atomic E-state index is 13.1. The monoisotopic (exact) mass is 375 g/mol. The molecule has 1 saturated carbocycles. The van der Waals surface area contributed by atoms with Gasteiger partial charge in [0, 0.05) is 11.8 Å².